The Balaban J connectivity index is 2.39. The molecule has 5 heteroatoms. The van der Waals surface area contributed by atoms with E-state index in [-0.39, 0.29) is 10.7 Å². The van der Waals surface area contributed by atoms with Gasteiger partial charge in [0.15, 0.2) is 0 Å². The van der Waals surface area contributed by atoms with Gasteiger partial charge in [-0.25, -0.2) is 0 Å². The molecule has 1 aromatic rings. The maximum atomic E-state index is 11.1. The third kappa shape index (κ3) is 3.18. The van der Waals surface area contributed by atoms with Crippen LogP contribution in [0.3, 0.4) is 0 Å². The van der Waals surface area contributed by atoms with Gasteiger partial charge in [0.1, 0.15) is 0 Å². The van der Waals surface area contributed by atoms with E-state index in [1.54, 1.807) is 17.8 Å². The summed E-state index contributed by atoms with van der Waals surface area (Å²) in [6.45, 7) is 2.32. The van der Waals surface area contributed by atoms with Crippen LogP contribution in [0.4, 0.5) is 0 Å². The molecule has 72 valence electrons. The van der Waals surface area contributed by atoms with Crippen LogP contribution in [0.15, 0.2) is 12.4 Å². The third-order valence-corrected chi connectivity index (χ3v) is 2.00. The Hall–Kier alpha value is -0.840. The smallest absolute Gasteiger partial charge is 0.233 e. The van der Waals surface area contributed by atoms with E-state index in [0.29, 0.717) is 6.54 Å². The maximum absolute atomic E-state index is 11.1. The number of halogens is 1. The van der Waals surface area contributed by atoms with E-state index in [0.717, 1.165) is 5.56 Å². The van der Waals surface area contributed by atoms with Crippen molar-refractivity contribution in [3.05, 3.63) is 18.0 Å². The van der Waals surface area contributed by atoms with Crippen molar-refractivity contribution in [3.8, 4) is 0 Å². The normalized spacial score (nSPS) is 12.5. The van der Waals surface area contributed by atoms with Crippen LogP contribution in [0.2, 0.25) is 0 Å². The Morgan fingerprint density at radius 3 is 3.00 bits per heavy atom. The molecular weight excluding hydrogens is 234 g/mol. The summed E-state index contributed by atoms with van der Waals surface area (Å²) < 4.78 is 1.71. The highest BCUT2D eigenvalue weighted by atomic mass is 79.9. The minimum atomic E-state index is -0.149. The molecule has 13 heavy (non-hydrogen) atoms. The maximum Gasteiger partial charge on any atom is 0.233 e. The summed E-state index contributed by atoms with van der Waals surface area (Å²) in [7, 11) is 1.85. The van der Waals surface area contributed by atoms with Crippen molar-refractivity contribution in [2.45, 2.75) is 18.3 Å². The quantitative estimate of drug-likeness (QED) is 0.802. The van der Waals surface area contributed by atoms with Gasteiger partial charge in [-0.1, -0.05) is 15.9 Å². The Morgan fingerprint density at radius 2 is 2.54 bits per heavy atom. The Morgan fingerprint density at radius 1 is 1.85 bits per heavy atom. The number of aromatic nitrogens is 2. The molecule has 0 aliphatic heterocycles. The first-order valence-electron chi connectivity index (χ1n) is 3.99. The number of aryl methyl sites for hydroxylation is 1. The first-order chi connectivity index (χ1) is 6.09. The van der Waals surface area contributed by atoms with E-state index in [9.17, 15) is 4.79 Å². The number of nitrogens with one attached hydrogen (secondary N) is 1. The van der Waals surface area contributed by atoms with Gasteiger partial charge in [0.25, 0.3) is 0 Å². The van der Waals surface area contributed by atoms with Crippen molar-refractivity contribution in [2.75, 3.05) is 0 Å². The summed E-state index contributed by atoms with van der Waals surface area (Å²) >= 11 is 3.19. The largest absolute Gasteiger partial charge is 0.351 e. The van der Waals surface area contributed by atoms with Crippen LogP contribution in [-0.4, -0.2) is 20.5 Å². The standard InChI is InChI=1S/C8H12BrN3O/c1-6(9)8(13)10-3-7-4-11-12(2)5-7/h4-6H,3H2,1-2H3,(H,10,13). The van der Waals surface area contributed by atoms with Crippen LogP contribution in [-0.2, 0) is 18.4 Å². The second kappa shape index (κ2) is 4.41. The van der Waals surface area contributed by atoms with Gasteiger partial charge in [0, 0.05) is 25.4 Å². The van der Waals surface area contributed by atoms with Crippen molar-refractivity contribution >= 4 is 21.8 Å². The fourth-order valence-corrected chi connectivity index (χ4v) is 1.05. The lowest BCUT2D eigenvalue weighted by atomic mass is 10.3. The van der Waals surface area contributed by atoms with Crippen LogP contribution in [0.25, 0.3) is 0 Å². The summed E-state index contributed by atoms with van der Waals surface area (Å²) in [6.07, 6.45) is 3.61. The van der Waals surface area contributed by atoms with E-state index in [2.05, 4.69) is 26.3 Å². The van der Waals surface area contributed by atoms with Crippen LogP contribution in [0, 0.1) is 0 Å². The van der Waals surface area contributed by atoms with E-state index >= 15 is 0 Å². The zero-order chi connectivity index (χ0) is 9.84. The number of alkyl halides is 1. The van der Waals surface area contributed by atoms with Gasteiger partial charge in [0.2, 0.25) is 5.91 Å². The summed E-state index contributed by atoms with van der Waals surface area (Å²) in [5.74, 6) is -0.0103. The van der Waals surface area contributed by atoms with Crippen molar-refractivity contribution in [3.63, 3.8) is 0 Å². The molecule has 0 saturated carbocycles. The van der Waals surface area contributed by atoms with Gasteiger partial charge in [-0.15, -0.1) is 0 Å². The number of carbonyl (C=O) groups is 1. The van der Waals surface area contributed by atoms with Crippen molar-refractivity contribution < 1.29 is 4.79 Å². The number of rotatable bonds is 3. The van der Waals surface area contributed by atoms with Gasteiger partial charge in [-0.2, -0.15) is 5.10 Å². The summed E-state index contributed by atoms with van der Waals surface area (Å²) in [6, 6.07) is 0. The molecule has 4 nitrogen and oxygen atoms in total. The molecular formula is C8H12BrN3O. The van der Waals surface area contributed by atoms with Crippen LogP contribution >= 0.6 is 15.9 Å². The highest BCUT2D eigenvalue weighted by Gasteiger charge is 2.07. The molecule has 1 N–H and O–H groups in total. The van der Waals surface area contributed by atoms with E-state index < -0.39 is 0 Å². The zero-order valence-electron chi connectivity index (χ0n) is 7.62. The first kappa shape index (κ1) is 10.2. The lowest BCUT2D eigenvalue weighted by Crippen LogP contribution is -2.28. The predicted octanol–water partition coefficient (Wildman–Crippen LogP) is 0.820. The first-order valence-corrected chi connectivity index (χ1v) is 4.90. The molecule has 0 saturated heterocycles. The topological polar surface area (TPSA) is 46.9 Å². The van der Waals surface area contributed by atoms with Gasteiger partial charge in [0.05, 0.1) is 11.0 Å². The molecule has 1 atom stereocenters. The van der Waals surface area contributed by atoms with Gasteiger partial charge in [-0.3, -0.25) is 9.48 Å². The number of amides is 1. The van der Waals surface area contributed by atoms with Crippen molar-refractivity contribution in [2.24, 2.45) is 7.05 Å². The lowest BCUT2D eigenvalue weighted by molar-refractivity contribution is -0.120. The molecule has 0 radical (unpaired) electrons. The highest BCUT2D eigenvalue weighted by molar-refractivity contribution is 9.10. The van der Waals surface area contributed by atoms with E-state index in [1.165, 1.54) is 0 Å². The molecule has 1 rings (SSSR count). The molecule has 1 heterocycles. The summed E-state index contributed by atoms with van der Waals surface area (Å²) in [4.78, 5) is 11.0. The number of nitrogens with zero attached hydrogens (tertiary/aromatic N) is 2. The van der Waals surface area contributed by atoms with E-state index in [1.807, 2.05) is 13.2 Å². The second-order valence-electron chi connectivity index (χ2n) is 2.86. The Kier molecular flexibility index (Phi) is 3.48. The minimum absolute atomic E-state index is 0.0103. The van der Waals surface area contributed by atoms with Crippen molar-refractivity contribution in [1.82, 2.24) is 15.1 Å². The summed E-state index contributed by atoms with van der Waals surface area (Å²) in [5.41, 5.74) is 1.00. The highest BCUT2D eigenvalue weighted by Crippen LogP contribution is 1.99. The number of carbonyl (C=O) groups excluding carboxylic acids is 1. The molecule has 1 aromatic heterocycles. The van der Waals surface area contributed by atoms with Gasteiger partial charge in [-0.05, 0) is 6.92 Å². The lowest BCUT2D eigenvalue weighted by Gasteiger charge is -2.03. The minimum Gasteiger partial charge on any atom is -0.351 e. The van der Waals surface area contributed by atoms with Crippen molar-refractivity contribution in [1.29, 1.82) is 0 Å². The molecule has 1 unspecified atom stereocenters. The predicted molar refractivity (Wildman–Crippen MR) is 53.4 cm³/mol. The molecule has 0 bridgehead atoms. The molecule has 0 fully saturated rings. The number of hydrogen-bond acceptors (Lipinski definition) is 2. The fraction of sp³-hybridized carbons (Fsp3) is 0.500. The molecule has 0 aromatic carbocycles. The Labute approximate surface area is 85.4 Å². The zero-order valence-corrected chi connectivity index (χ0v) is 9.21. The average molecular weight is 246 g/mol. The van der Waals surface area contributed by atoms with Gasteiger partial charge < -0.3 is 5.32 Å². The van der Waals surface area contributed by atoms with E-state index in [4.69, 9.17) is 0 Å². The Bertz CT molecular complexity index is 295. The molecule has 0 spiro atoms. The SMILES string of the molecule is CC(Br)C(=O)NCc1cnn(C)c1. The molecule has 0 aliphatic rings. The monoisotopic (exact) mass is 245 g/mol. The van der Waals surface area contributed by atoms with Crippen LogP contribution < -0.4 is 5.32 Å². The fourth-order valence-electron chi connectivity index (χ4n) is 0.893. The van der Waals surface area contributed by atoms with Crippen LogP contribution in [0.1, 0.15) is 12.5 Å². The molecule has 1 amide bonds. The van der Waals surface area contributed by atoms with Gasteiger partial charge >= 0.3 is 0 Å². The molecule has 0 aliphatic carbocycles. The number of hydrogen-bond donors (Lipinski definition) is 1. The van der Waals surface area contributed by atoms with Crippen LogP contribution in [0.5, 0.6) is 0 Å². The third-order valence-electron chi connectivity index (χ3n) is 1.59. The second-order valence-corrected chi connectivity index (χ2v) is 4.23. The summed E-state index contributed by atoms with van der Waals surface area (Å²) in [5, 5.41) is 6.77. The average Bonchev–Trinajstić information content (AvgIpc) is 2.47.